The number of fused-ring (bicyclic) bond motifs is 1. The molecular weight excluding hydrogens is 204 g/mol. The Bertz CT molecular complexity index is 492. The van der Waals surface area contributed by atoms with Gasteiger partial charge in [-0.15, -0.1) is 0 Å². The molecule has 1 aromatic carbocycles. The Kier molecular flexibility index (Phi) is 3.07. The number of aromatic amines is 1. The van der Waals surface area contributed by atoms with Crippen LogP contribution in [0.3, 0.4) is 0 Å². The number of nitrogens with one attached hydrogen (secondary N) is 3. The maximum absolute atomic E-state index is 10.1. The highest BCUT2D eigenvalue weighted by Gasteiger charge is 2.13. The summed E-state index contributed by atoms with van der Waals surface area (Å²) < 4.78 is 0. The maximum atomic E-state index is 10.1. The van der Waals surface area contributed by atoms with E-state index in [1.54, 1.807) is 6.33 Å². The van der Waals surface area contributed by atoms with Crippen LogP contribution in [0.1, 0.15) is 11.1 Å². The number of hydrogen-bond donors (Lipinski definition) is 4. The largest absolute Gasteiger partial charge is 0.507 e. The van der Waals surface area contributed by atoms with Crippen molar-refractivity contribution in [1.29, 1.82) is 0 Å². The van der Waals surface area contributed by atoms with Crippen LogP contribution >= 0.6 is 0 Å². The van der Waals surface area contributed by atoms with Gasteiger partial charge in [-0.2, -0.15) is 0 Å². The molecule has 0 amide bonds. The van der Waals surface area contributed by atoms with Gasteiger partial charge in [-0.3, -0.25) is 0 Å². The van der Waals surface area contributed by atoms with Crippen molar-refractivity contribution in [1.82, 2.24) is 20.6 Å². The zero-order chi connectivity index (χ0) is 11.5. The molecule has 5 heteroatoms. The molecule has 0 atom stereocenters. The molecule has 5 nitrogen and oxygen atoms in total. The number of nitrogens with zero attached hydrogens (tertiary/aromatic N) is 1. The number of phenolic OH excluding ortho intramolecular Hbond substituents is 1. The van der Waals surface area contributed by atoms with E-state index in [0.29, 0.717) is 18.8 Å². The molecule has 1 aromatic heterocycles. The van der Waals surface area contributed by atoms with Gasteiger partial charge in [0.2, 0.25) is 0 Å². The van der Waals surface area contributed by atoms with Crippen molar-refractivity contribution in [2.24, 2.45) is 0 Å². The van der Waals surface area contributed by atoms with E-state index in [9.17, 15) is 5.11 Å². The van der Waals surface area contributed by atoms with Gasteiger partial charge in [0.05, 0.1) is 17.4 Å². The predicted molar refractivity (Wildman–Crippen MR) is 63.3 cm³/mol. The molecule has 0 saturated heterocycles. The van der Waals surface area contributed by atoms with E-state index in [0.717, 1.165) is 22.2 Å². The molecule has 4 N–H and O–H groups in total. The topological polar surface area (TPSA) is 73.0 Å². The Labute approximate surface area is 93.9 Å². The number of aromatic nitrogens is 2. The van der Waals surface area contributed by atoms with Gasteiger partial charge < -0.3 is 20.7 Å². The summed E-state index contributed by atoms with van der Waals surface area (Å²) in [5, 5.41) is 16.2. The van der Waals surface area contributed by atoms with Crippen LogP contribution < -0.4 is 10.6 Å². The second-order valence-electron chi connectivity index (χ2n) is 3.72. The quantitative estimate of drug-likeness (QED) is 0.612. The van der Waals surface area contributed by atoms with Crippen LogP contribution in [0.25, 0.3) is 11.0 Å². The predicted octanol–water partition coefficient (Wildman–Crippen LogP) is 0.707. The fourth-order valence-electron chi connectivity index (χ4n) is 1.87. The van der Waals surface area contributed by atoms with Gasteiger partial charge in [0, 0.05) is 24.2 Å². The Hall–Kier alpha value is -1.59. The van der Waals surface area contributed by atoms with Crippen LogP contribution in [-0.4, -0.2) is 29.2 Å². The first-order valence-electron chi connectivity index (χ1n) is 5.24. The molecule has 0 fully saturated rings. The number of imidazole rings is 1. The van der Waals surface area contributed by atoms with Crippen molar-refractivity contribution in [3.05, 3.63) is 23.5 Å². The third kappa shape index (κ3) is 1.75. The highest BCUT2D eigenvalue weighted by Crippen LogP contribution is 2.29. The third-order valence-corrected chi connectivity index (χ3v) is 2.58. The van der Waals surface area contributed by atoms with Crippen molar-refractivity contribution >= 4 is 11.0 Å². The first-order valence-corrected chi connectivity index (χ1v) is 5.24. The minimum atomic E-state index is 0.323. The summed E-state index contributed by atoms with van der Waals surface area (Å²) in [6.45, 7) is 1.24. The summed E-state index contributed by atoms with van der Waals surface area (Å²) in [4.78, 5) is 7.29. The van der Waals surface area contributed by atoms with Crippen LogP contribution in [0.2, 0.25) is 0 Å². The molecule has 16 heavy (non-hydrogen) atoms. The molecule has 0 radical (unpaired) electrons. The molecular formula is C11H16N4O. The zero-order valence-corrected chi connectivity index (χ0v) is 9.46. The fourth-order valence-corrected chi connectivity index (χ4v) is 1.87. The average Bonchev–Trinajstić information content (AvgIpc) is 2.72. The lowest BCUT2D eigenvalue weighted by Gasteiger charge is -2.10. The SMILES string of the molecule is CNCc1cc2[nH]cnc2c(CNC)c1O. The number of phenols is 1. The van der Waals surface area contributed by atoms with E-state index in [4.69, 9.17) is 0 Å². The highest BCUT2D eigenvalue weighted by atomic mass is 16.3. The standard InChI is InChI=1S/C11H16N4O/c1-12-4-7-3-9-10(15-6-14-9)8(5-13-2)11(7)16/h3,6,12-13,16H,4-5H2,1-2H3,(H,14,15). The molecule has 0 saturated carbocycles. The molecule has 0 bridgehead atoms. The molecule has 0 aliphatic carbocycles. The Morgan fingerprint density at radius 1 is 1.31 bits per heavy atom. The molecule has 0 aliphatic rings. The van der Waals surface area contributed by atoms with E-state index in [1.807, 2.05) is 20.2 Å². The van der Waals surface area contributed by atoms with Crippen molar-refractivity contribution in [3.63, 3.8) is 0 Å². The number of hydrogen-bond acceptors (Lipinski definition) is 4. The summed E-state index contributed by atoms with van der Waals surface area (Å²) in [6, 6.07) is 1.92. The van der Waals surface area contributed by atoms with E-state index in [2.05, 4.69) is 20.6 Å². The van der Waals surface area contributed by atoms with E-state index < -0.39 is 0 Å². The van der Waals surface area contributed by atoms with E-state index >= 15 is 0 Å². The summed E-state index contributed by atoms with van der Waals surface area (Å²) in [5.41, 5.74) is 3.50. The van der Waals surface area contributed by atoms with Crippen LogP contribution in [-0.2, 0) is 13.1 Å². The zero-order valence-electron chi connectivity index (χ0n) is 9.46. The van der Waals surface area contributed by atoms with Gasteiger partial charge in [0.25, 0.3) is 0 Å². The molecule has 0 aliphatic heterocycles. The van der Waals surface area contributed by atoms with Crippen molar-refractivity contribution in [2.45, 2.75) is 13.1 Å². The summed E-state index contributed by atoms with van der Waals surface area (Å²) >= 11 is 0. The van der Waals surface area contributed by atoms with Gasteiger partial charge in [0.15, 0.2) is 0 Å². The van der Waals surface area contributed by atoms with E-state index in [1.165, 1.54) is 0 Å². The van der Waals surface area contributed by atoms with Gasteiger partial charge in [-0.05, 0) is 20.2 Å². The second kappa shape index (κ2) is 4.51. The Morgan fingerprint density at radius 3 is 2.75 bits per heavy atom. The lowest BCUT2D eigenvalue weighted by molar-refractivity contribution is 0.458. The smallest absolute Gasteiger partial charge is 0.126 e. The third-order valence-electron chi connectivity index (χ3n) is 2.58. The highest BCUT2D eigenvalue weighted by molar-refractivity contribution is 5.82. The molecule has 86 valence electrons. The first kappa shape index (κ1) is 10.9. The fraction of sp³-hybridized carbons (Fsp3) is 0.364. The molecule has 2 rings (SSSR count). The minimum Gasteiger partial charge on any atom is -0.507 e. The molecule has 0 unspecified atom stereocenters. The van der Waals surface area contributed by atoms with Crippen LogP contribution in [0.5, 0.6) is 5.75 Å². The van der Waals surface area contributed by atoms with Crippen molar-refractivity contribution < 1.29 is 5.11 Å². The molecule has 1 heterocycles. The Balaban J connectivity index is 2.61. The minimum absolute atomic E-state index is 0.323. The number of benzene rings is 1. The lowest BCUT2D eigenvalue weighted by Crippen LogP contribution is -2.10. The van der Waals surface area contributed by atoms with Crippen molar-refractivity contribution in [3.8, 4) is 5.75 Å². The normalized spacial score (nSPS) is 11.1. The van der Waals surface area contributed by atoms with Gasteiger partial charge in [0.1, 0.15) is 5.75 Å². The number of rotatable bonds is 4. The lowest BCUT2D eigenvalue weighted by atomic mass is 10.1. The number of aromatic hydroxyl groups is 1. The average molecular weight is 220 g/mol. The van der Waals surface area contributed by atoms with E-state index in [-0.39, 0.29) is 0 Å². The van der Waals surface area contributed by atoms with Crippen molar-refractivity contribution in [2.75, 3.05) is 14.1 Å². The van der Waals surface area contributed by atoms with Crippen LogP contribution in [0, 0.1) is 0 Å². The van der Waals surface area contributed by atoms with Crippen LogP contribution in [0.4, 0.5) is 0 Å². The monoisotopic (exact) mass is 220 g/mol. The molecule has 2 aromatic rings. The van der Waals surface area contributed by atoms with Crippen LogP contribution in [0.15, 0.2) is 12.4 Å². The van der Waals surface area contributed by atoms with Gasteiger partial charge in [-0.1, -0.05) is 0 Å². The summed E-state index contributed by atoms with van der Waals surface area (Å²) in [6.07, 6.45) is 1.65. The Morgan fingerprint density at radius 2 is 2.06 bits per heavy atom. The van der Waals surface area contributed by atoms with Gasteiger partial charge >= 0.3 is 0 Å². The second-order valence-corrected chi connectivity index (χ2v) is 3.72. The molecule has 0 spiro atoms. The van der Waals surface area contributed by atoms with Gasteiger partial charge in [-0.25, -0.2) is 4.98 Å². The number of H-pyrrole nitrogens is 1. The summed E-state index contributed by atoms with van der Waals surface area (Å²) in [5.74, 6) is 0.323. The summed E-state index contributed by atoms with van der Waals surface area (Å²) in [7, 11) is 3.71. The first-order chi connectivity index (χ1) is 7.77. The maximum Gasteiger partial charge on any atom is 0.126 e.